The van der Waals surface area contributed by atoms with Crippen LogP contribution in [0, 0.1) is 0 Å². The third kappa shape index (κ3) is 419. The van der Waals surface area contributed by atoms with E-state index in [-0.39, 0.29) is 56.9 Å². The van der Waals surface area contributed by atoms with E-state index in [0.29, 0.717) is 0 Å². The Morgan fingerprint density at radius 1 is 0.667 bits per heavy atom. The summed E-state index contributed by atoms with van der Waals surface area (Å²) in [6, 6.07) is 0. The van der Waals surface area contributed by atoms with Crippen molar-refractivity contribution < 1.29 is 44.0 Å². The molecule has 74 valence electrons. The molecular formula is H9KO9P2. The van der Waals surface area contributed by atoms with Crippen LogP contribution in [0.15, 0.2) is 0 Å². The van der Waals surface area contributed by atoms with Gasteiger partial charge >= 0.3 is 67.0 Å². The van der Waals surface area contributed by atoms with Gasteiger partial charge < -0.3 is 34.8 Å². The Morgan fingerprint density at radius 3 is 0.667 bits per heavy atom. The van der Waals surface area contributed by atoms with Gasteiger partial charge in [-0.3, -0.25) is 0 Å². The molecule has 0 aliphatic heterocycles. The molecule has 0 bridgehead atoms. The van der Waals surface area contributed by atoms with Gasteiger partial charge in [-0.05, 0) is 0 Å². The Morgan fingerprint density at radius 2 is 0.667 bits per heavy atom. The normalized spacial score (nSPS) is 9.83. The molecular weight excluding hydrogens is 245 g/mol. The summed E-state index contributed by atoms with van der Waals surface area (Å²) in [7, 11) is -9.28. The topological polar surface area (TPSA) is 187 Å². The van der Waals surface area contributed by atoms with Crippen molar-refractivity contribution in [2.75, 3.05) is 0 Å². The number of hydrogen-bond acceptors (Lipinski definition) is 2. The maximum atomic E-state index is 8.88. The van der Waals surface area contributed by atoms with Crippen LogP contribution in [0.4, 0.5) is 0 Å². The van der Waals surface area contributed by atoms with Gasteiger partial charge in [0.15, 0.2) is 0 Å². The molecule has 0 saturated carbocycles. The fraction of sp³-hybridized carbons (Fsp3) is 0. The van der Waals surface area contributed by atoms with E-state index in [4.69, 9.17) is 38.5 Å². The third-order valence-corrected chi connectivity index (χ3v) is 0. The van der Waals surface area contributed by atoms with Crippen molar-refractivity contribution in [3.63, 3.8) is 0 Å². The van der Waals surface area contributed by atoms with Crippen molar-refractivity contribution in [2.45, 2.75) is 0 Å². The van der Waals surface area contributed by atoms with Crippen molar-refractivity contribution in [2.24, 2.45) is 0 Å². The van der Waals surface area contributed by atoms with E-state index in [2.05, 4.69) is 0 Å². The van der Waals surface area contributed by atoms with Crippen LogP contribution in [0.2, 0.25) is 0 Å². The van der Waals surface area contributed by atoms with E-state index >= 15 is 0 Å². The van der Waals surface area contributed by atoms with Gasteiger partial charge in [0, 0.05) is 0 Å². The molecule has 0 aliphatic rings. The predicted molar refractivity (Wildman–Crippen MR) is 39.3 cm³/mol. The second-order valence-corrected chi connectivity index (χ2v) is 3.08. The van der Waals surface area contributed by atoms with Gasteiger partial charge in [-0.25, -0.2) is 9.13 Å². The first-order valence-electron chi connectivity index (χ1n) is 1.57. The van der Waals surface area contributed by atoms with Gasteiger partial charge in [0.25, 0.3) is 0 Å². The quantitative estimate of drug-likeness (QED) is 0.191. The summed E-state index contributed by atoms with van der Waals surface area (Å²) in [6.45, 7) is 0. The summed E-state index contributed by atoms with van der Waals surface area (Å²) in [5.41, 5.74) is 0. The van der Waals surface area contributed by atoms with Gasteiger partial charge in [-0.1, -0.05) is 0 Å². The number of rotatable bonds is 0. The molecule has 0 fully saturated rings. The van der Waals surface area contributed by atoms with Gasteiger partial charge in [0.2, 0.25) is 0 Å². The maximum absolute atomic E-state index is 8.88. The number of phosphoric acid groups is 2. The fourth-order valence-corrected chi connectivity index (χ4v) is 0. The van der Waals surface area contributed by atoms with Crippen LogP contribution in [0.25, 0.3) is 0 Å². The Kier molecular flexibility index (Phi) is 18.4. The van der Waals surface area contributed by atoms with Crippen molar-refractivity contribution in [3.05, 3.63) is 0 Å². The Bertz CT molecular complexity index is 125. The zero-order chi connectivity index (χ0) is 9.00. The SMILES string of the molecule is O.O=P(O)(O)O.O=P(O)(O)O.[KH]. The predicted octanol–water partition coefficient (Wildman–Crippen LogP) is -3.33. The summed E-state index contributed by atoms with van der Waals surface area (Å²) in [5.74, 6) is 0. The standard InChI is InChI=1S/K.2H3O4P.H2O.H/c;2*1-5(2,3)4;;/h;2*(H3,1,2,3,4);1H2;. The van der Waals surface area contributed by atoms with Crippen molar-refractivity contribution in [3.8, 4) is 0 Å². The van der Waals surface area contributed by atoms with Crippen molar-refractivity contribution in [1.29, 1.82) is 0 Å². The molecule has 0 atom stereocenters. The molecule has 0 rings (SSSR count). The minimum atomic E-state index is -4.64. The summed E-state index contributed by atoms with van der Waals surface area (Å²) >= 11 is 0. The second-order valence-electron chi connectivity index (χ2n) is 1.03. The van der Waals surface area contributed by atoms with E-state index in [9.17, 15) is 0 Å². The summed E-state index contributed by atoms with van der Waals surface area (Å²) in [4.78, 5) is 43.1. The fourth-order valence-electron chi connectivity index (χ4n) is 0. The zero-order valence-electron chi connectivity index (χ0n) is 4.89. The molecule has 8 N–H and O–H groups in total. The van der Waals surface area contributed by atoms with E-state index in [1.807, 2.05) is 0 Å². The van der Waals surface area contributed by atoms with Gasteiger partial charge in [0.1, 0.15) is 0 Å². The molecule has 0 heterocycles. The molecule has 0 aromatic heterocycles. The van der Waals surface area contributed by atoms with Gasteiger partial charge in [-0.2, -0.15) is 0 Å². The minimum absolute atomic E-state index is 0. The molecule has 0 aromatic rings. The zero-order valence-corrected chi connectivity index (χ0v) is 6.68. The molecule has 0 saturated heterocycles. The Balaban J connectivity index is -0.0000000457. The molecule has 0 amide bonds. The molecule has 12 heavy (non-hydrogen) atoms. The molecule has 0 aliphatic carbocycles. The molecule has 12 heteroatoms. The Hall–Kier alpha value is 1.82. The first-order valence-corrected chi connectivity index (χ1v) is 4.70. The molecule has 0 radical (unpaired) electrons. The molecule has 9 nitrogen and oxygen atoms in total. The van der Waals surface area contributed by atoms with Gasteiger partial charge in [-0.15, -0.1) is 0 Å². The van der Waals surface area contributed by atoms with Crippen LogP contribution in [0.5, 0.6) is 0 Å². The first kappa shape index (κ1) is 23.6. The molecule has 0 spiro atoms. The second kappa shape index (κ2) is 9.37. The average Bonchev–Trinajstić information content (AvgIpc) is 1.12. The summed E-state index contributed by atoms with van der Waals surface area (Å²) in [5, 5.41) is 0. The van der Waals surface area contributed by atoms with Crippen LogP contribution in [0.1, 0.15) is 0 Å². The van der Waals surface area contributed by atoms with E-state index in [1.54, 1.807) is 0 Å². The molecule has 0 unspecified atom stereocenters. The van der Waals surface area contributed by atoms with Crippen LogP contribution in [-0.2, 0) is 9.13 Å². The van der Waals surface area contributed by atoms with Gasteiger partial charge in [0.05, 0.1) is 0 Å². The van der Waals surface area contributed by atoms with Crippen LogP contribution in [-0.4, -0.2) is 86.2 Å². The Labute approximate surface area is 110 Å². The summed E-state index contributed by atoms with van der Waals surface area (Å²) < 4.78 is 17.8. The van der Waals surface area contributed by atoms with Crippen LogP contribution >= 0.6 is 15.6 Å². The van der Waals surface area contributed by atoms with E-state index in [1.165, 1.54) is 0 Å². The van der Waals surface area contributed by atoms with E-state index in [0.717, 1.165) is 0 Å². The van der Waals surface area contributed by atoms with Crippen LogP contribution in [0.3, 0.4) is 0 Å². The number of hydrogen-bond donors (Lipinski definition) is 6. The first-order chi connectivity index (χ1) is 4.00. The summed E-state index contributed by atoms with van der Waals surface area (Å²) in [6.07, 6.45) is 0. The van der Waals surface area contributed by atoms with E-state index < -0.39 is 15.6 Å². The molecule has 0 aromatic carbocycles. The van der Waals surface area contributed by atoms with Crippen LogP contribution < -0.4 is 0 Å². The monoisotopic (exact) mass is 254 g/mol. The third-order valence-electron chi connectivity index (χ3n) is 0. The average molecular weight is 254 g/mol. The van der Waals surface area contributed by atoms with Crippen molar-refractivity contribution in [1.82, 2.24) is 0 Å². The van der Waals surface area contributed by atoms with Crippen molar-refractivity contribution >= 4 is 67.0 Å².